The Morgan fingerprint density at radius 3 is 2.43 bits per heavy atom. The molecule has 2 atom stereocenters. The third-order valence-electron chi connectivity index (χ3n) is 2.27. The van der Waals surface area contributed by atoms with Gasteiger partial charge in [-0.15, -0.1) is 0 Å². The number of aromatic nitrogens is 2. The minimum absolute atomic E-state index is 0.131. The summed E-state index contributed by atoms with van der Waals surface area (Å²) < 4.78 is 0. The lowest BCUT2D eigenvalue weighted by molar-refractivity contribution is -0.138. The number of aliphatic carboxylic acids is 1. The van der Waals surface area contributed by atoms with E-state index in [2.05, 4.69) is 9.97 Å². The van der Waals surface area contributed by atoms with Crippen LogP contribution in [0.25, 0.3) is 0 Å². The molecule has 1 heterocycles. The van der Waals surface area contributed by atoms with Crippen LogP contribution in [-0.2, 0) is 4.79 Å². The molecule has 0 aliphatic heterocycles. The van der Waals surface area contributed by atoms with E-state index in [4.69, 9.17) is 28.3 Å². The van der Waals surface area contributed by atoms with Gasteiger partial charge in [0.15, 0.2) is 0 Å². The standard InChI is InChI=1S/C8H6Cl2N2O2/c9-6-5(7(10)12-2-11-6)3-1-4(3)8(13)14/h2-4H,1H2,(H,13,14)/t3-,4-/m1/s1. The largest absolute Gasteiger partial charge is 0.481 e. The molecule has 6 heteroatoms. The van der Waals surface area contributed by atoms with Gasteiger partial charge < -0.3 is 5.11 Å². The Morgan fingerprint density at radius 1 is 1.43 bits per heavy atom. The van der Waals surface area contributed by atoms with Crippen molar-refractivity contribution in [3.05, 3.63) is 22.2 Å². The summed E-state index contributed by atoms with van der Waals surface area (Å²) in [5.41, 5.74) is 0.559. The number of carboxylic acids is 1. The third kappa shape index (κ3) is 1.55. The number of nitrogens with zero attached hydrogens (tertiary/aromatic N) is 2. The number of carbonyl (C=O) groups is 1. The summed E-state index contributed by atoms with van der Waals surface area (Å²) in [7, 11) is 0. The van der Waals surface area contributed by atoms with Crippen LogP contribution >= 0.6 is 23.2 Å². The number of rotatable bonds is 2. The van der Waals surface area contributed by atoms with Crippen LogP contribution in [-0.4, -0.2) is 21.0 Å². The zero-order chi connectivity index (χ0) is 10.3. The normalized spacial score (nSPS) is 24.7. The Hall–Kier alpha value is -0.870. The summed E-state index contributed by atoms with van der Waals surface area (Å²) in [6.45, 7) is 0. The van der Waals surface area contributed by atoms with Crippen LogP contribution in [0.4, 0.5) is 0 Å². The van der Waals surface area contributed by atoms with E-state index in [1.54, 1.807) is 0 Å². The fourth-order valence-corrected chi connectivity index (χ4v) is 2.04. The summed E-state index contributed by atoms with van der Waals surface area (Å²) in [4.78, 5) is 18.2. The van der Waals surface area contributed by atoms with E-state index in [1.165, 1.54) is 6.33 Å². The van der Waals surface area contributed by atoms with Crippen LogP contribution in [0, 0.1) is 5.92 Å². The molecule has 1 fully saturated rings. The molecule has 1 aromatic heterocycles. The molecule has 0 saturated heterocycles. The Balaban J connectivity index is 2.31. The lowest BCUT2D eigenvalue weighted by atomic mass is 10.2. The average molecular weight is 233 g/mol. The van der Waals surface area contributed by atoms with Gasteiger partial charge in [0.2, 0.25) is 0 Å². The molecule has 74 valence electrons. The van der Waals surface area contributed by atoms with Crippen LogP contribution in [0.3, 0.4) is 0 Å². The topological polar surface area (TPSA) is 63.1 Å². The maximum atomic E-state index is 10.6. The molecule has 0 radical (unpaired) electrons. The highest BCUT2D eigenvalue weighted by Crippen LogP contribution is 2.50. The number of hydrogen-bond acceptors (Lipinski definition) is 3. The van der Waals surface area contributed by atoms with Crippen LogP contribution < -0.4 is 0 Å². The molecule has 1 N–H and O–H groups in total. The molecule has 14 heavy (non-hydrogen) atoms. The Bertz CT molecular complexity index is 377. The lowest BCUT2D eigenvalue weighted by Crippen LogP contribution is -2.00. The zero-order valence-electron chi connectivity index (χ0n) is 6.94. The van der Waals surface area contributed by atoms with Crippen molar-refractivity contribution in [2.75, 3.05) is 0 Å². The first-order valence-electron chi connectivity index (χ1n) is 4.00. The first-order chi connectivity index (χ1) is 6.61. The van der Waals surface area contributed by atoms with E-state index in [-0.39, 0.29) is 16.2 Å². The molecule has 0 unspecified atom stereocenters. The SMILES string of the molecule is O=C(O)[C@@H]1C[C@H]1c1c(Cl)ncnc1Cl. The highest BCUT2D eigenvalue weighted by Gasteiger charge is 2.46. The Labute approximate surface area is 89.9 Å². The van der Waals surface area contributed by atoms with Crippen molar-refractivity contribution in [3.63, 3.8) is 0 Å². The van der Waals surface area contributed by atoms with E-state index in [0.29, 0.717) is 12.0 Å². The zero-order valence-corrected chi connectivity index (χ0v) is 8.46. The molecular formula is C8H6Cl2N2O2. The van der Waals surface area contributed by atoms with Gasteiger partial charge in [0.05, 0.1) is 5.92 Å². The first kappa shape index (κ1) is 9.68. The van der Waals surface area contributed by atoms with Crippen molar-refractivity contribution in [1.29, 1.82) is 0 Å². The maximum absolute atomic E-state index is 10.6. The molecule has 1 saturated carbocycles. The van der Waals surface area contributed by atoms with E-state index < -0.39 is 11.9 Å². The van der Waals surface area contributed by atoms with Gasteiger partial charge in [-0.1, -0.05) is 23.2 Å². The molecule has 0 amide bonds. The maximum Gasteiger partial charge on any atom is 0.307 e. The van der Waals surface area contributed by atoms with Gasteiger partial charge in [-0.3, -0.25) is 4.79 Å². The van der Waals surface area contributed by atoms with Crippen LogP contribution in [0.2, 0.25) is 10.3 Å². The predicted octanol–water partition coefficient (Wildman–Crippen LogP) is 1.97. The van der Waals surface area contributed by atoms with E-state index >= 15 is 0 Å². The molecule has 0 spiro atoms. The second-order valence-corrected chi connectivity index (χ2v) is 3.87. The van der Waals surface area contributed by atoms with Gasteiger partial charge in [0.25, 0.3) is 0 Å². The van der Waals surface area contributed by atoms with E-state index in [0.717, 1.165) is 0 Å². The van der Waals surface area contributed by atoms with Gasteiger partial charge in [-0.25, -0.2) is 9.97 Å². The first-order valence-corrected chi connectivity index (χ1v) is 4.75. The number of carboxylic acid groups (broad SMARTS) is 1. The van der Waals surface area contributed by atoms with Gasteiger partial charge in [-0.2, -0.15) is 0 Å². The second-order valence-electron chi connectivity index (χ2n) is 3.16. The van der Waals surface area contributed by atoms with Crippen LogP contribution in [0.15, 0.2) is 6.33 Å². The molecule has 1 aromatic rings. The fourth-order valence-electron chi connectivity index (χ4n) is 1.45. The van der Waals surface area contributed by atoms with E-state index in [1.807, 2.05) is 0 Å². The second kappa shape index (κ2) is 3.37. The highest BCUT2D eigenvalue weighted by molar-refractivity contribution is 6.34. The minimum Gasteiger partial charge on any atom is -0.481 e. The van der Waals surface area contributed by atoms with Crippen molar-refractivity contribution in [3.8, 4) is 0 Å². The number of halogens is 2. The molecule has 1 aliphatic carbocycles. The summed E-state index contributed by atoms with van der Waals surface area (Å²) in [5, 5.41) is 9.24. The van der Waals surface area contributed by atoms with Crippen molar-refractivity contribution in [1.82, 2.24) is 9.97 Å². The smallest absolute Gasteiger partial charge is 0.307 e. The molecule has 2 rings (SSSR count). The summed E-state index contributed by atoms with van der Waals surface area (Å²) >= 11 is 11.6. The van der Waals surface area contributed by atoms with Gasteiger partial charge in [0.1, 0.15) is 16.6 Å². The third-order valence-corrected chi connectivity index (χ3v) is 2.87. The Kier molecular flexibility index (Phi) is 2.33. The average Bonchev–Trinajstić information content (AvgIpc) is 2.83. The fraction of sp³-hybridized carbons (Fsp3) is 0.375. The summed E-state index contributed by atoms with van der Waals surface area (Å²) in [6, 6.07) is 0. The van der Waals surface area contributed by atoms with Gasteiger partial charge in [-0.05, 0) is 6.42 Å². The van der Waals surface area contributed by atoms with Gasteiger partial charge >= 0.3 is 5.97 Å². The van der Waals surface area contributed by atoms with Crippen molar-refractivity contribution < 1.29 is 9.90 Å². The molecular weight excluding hydrogens is 227 g/mol. The summed E-state index contributed by atoms with van der Waals surface area (Å²) in [5.74, 6) is -1.35. The van der Waals surface area contributed by atoms with Crippen molar-refractivity contribution in [2.45, 2.75) is 12.3 Å². The lowest BCUT2D eigenvalue weighted by Gasteiger charge is -2.02. The Morgan fingerprint density at radius 2 is 2.00 bits per heavy atom. The molecule has 0 bridgehead atoms. The summed E-state index contributed by atoms with van der Waals surface area (Å²) in [6.07, 6.45) is 1.81. The molecule has 1 aliphatic rings. The molecule has 0 aromatic carbocycles. The number of hydrogen-bond donors (Lipinski definition) is 1. The van der Waals surface area contributed by atoms with Gasteiger partial charge in [0, 0.05) is 11.5 Å². The predicted molar refractivity (Wildman–Crippen MR) is 50.5 cm³/mol. The highest BCUT2D eigenvalue weighted by atomic mass is 35.5. The van der Waals surface area contributed by atoms with Crippen molar-refractivity contribution in [2.24, 2.45) is 5.92 Å². The van der Waals surface area contributed by atoms with Crippen LogP contribution in [0.1, 0.15) is 17.9 Å². The molecule has 4 nitrogen and oxygen atoms in total. The quantitative estimate of drug-likeness (QED) is 0.793. The van der Waals surface area contributed by atoms with Crippen LogP contribution in [0.5, 0.6) is 0 Å². The van der Waals surface area contributed by atoms with Crippen molar-refractivity contribution >= 4 is 29.2 Å². The van der Waals surface area contributed by atoms with E-state index in [9.17, 15) is 4.79 Å². The minimum atomic E-state index is -0.828. The monoisotopic (exact) mass is 232 g/mol.